The van der Waals surface area contributed by atoms with Crippen LogP contribution in [0.4, 0.5) is 0 Å². The van der Waals surface area contributed by atoms with Gasteiger partial charge in [0.15, 0.2) is 0 Å². The molecule has 8 heteroatoms. The number of para-hydroxylation sites is 1. The fraction of sp³-hybridized carbons (Fsp3) is 0.407. The molecule has 1 aromatic heterocycles. The Hall–Kier alpha value is -3.52. The normalized spacial score (nSPS) is 18.3. The molecular formula is C27H31N5O3. The number of benzene rings is 2. The van der Waals surface area contributed by atoms with Gasteiger partial charge in [-0.3, -0.25) is 9.59 Å². The van der Waals surface area contributed by atoms with E-state index in [1.54, 1.807) is 7.11 Å². The minimum absolute atomic E-state index is 0.0112. The van der Waals surface area contributed by atoms with Crippen molar-refractivity contribution in [2.75, 3.05) is 33.3 Å². The molecule has 2 aromatic carbocycles. The fourth-order valence-electron chi connectivity index (χ4n) is 5.42. The SMILES string of the molecule is COc1ccccc1C1CCN(C(=O)C2(NC(=O)c3cnnc4ccccc34)CCNCC2)CC1. The third kappa shape index (κ3) is 4.58. The minimum atomic E-state index is -0.927. The van der Waals surface area contributed by atoms with Crippen molar-refractivity contribution in [2.45, 2.75) is 37.1 Å². The van der Waals surface area contributed by atoms with Crippen molar-refractivity contribution in [3.63, 3.8) is 0 Å². The van der Waals surface area contributed by atoms with Gasteiger partial charge in [-0.15, -0.1) is 0 Å². The molecule has 2 amide bonds. The Morgan fingerprint density at radius 1 is 1.06 bits per heavy atom. The molecule has 2 saturated heterocycles. The van der Waals surface area contributed by atoms with Crippen LogP contribution in [0.25, 0.3) is 10.9 Å². The largest absolute Gasteiger partial charge is 0.496 e. The number of hydrogen-bond donors (Lipinski definition) is 2. The Balaban J connectivity index is 1.34. The number of aromatic nitrogens is 2. The minimum Gasteiger partial charge on any atom is -0.496 e. The highest BCUT2D eigenvalue weighted by atomic mass is 16.5. The van der Waals surface area contributed by atoms with E-state index in [1.165, 1.54) is 11.8 Å². The number of nitrogens with zero attached hydrogens (tertiary/aromatic N) is 3. The number of ether oxygens (including phenoxy) is 1. The van der Waals surface area contributed by atoms with Gasteiger partial charge < -0.3 is 20.3 Å². The average Bonchev–Trinajstić information content (AvgIpc) is 2.93. The molecule has 2 fully saturated rings. The van der Waals surface area contributed by atoms with Crippen molar-refractivity contribution in [3.05, 3.63) is 65.9 Å². The van der Waals surface area contributed by atoms with Crippen molar-refractivity contribution >= 4 is 22.7 Å². The number of carbonyl (C=O) groups excluding carboxylic acids is 2. The molecule has 0 aliphatic carbocycles. The number of methoxy groups -OCH3 is 1. The van der Waals surface area contributed by atoms with Crippen LogP contribution in [-0.4, -0.2) is 65.7 Å². The first-order valence-corrected chi connectivity index (χ1v) is 12.3. The summed E-state index contributed by atoms with van der Waals surface area (Å²) >= 11 is 0. The number of fused-ring (bicyclic) bond motifs is 1. The quantitative estimate of drug-likeness (QED) is 0.592. The molecule has 0 bridgehead atoms. The molecule has 0 radical (unpaired) electrons. The zero-order valence-electron chi connectivity index (χ0n) is 20.0. The van der Waals surface area contributed by atoms with Crippen molar-refractivity contribution in [2.24, 2.45) is 0 Å². The van der Waals surface area contributed by atoms with Crippen LogP contribution in [0.1, 0.15) is 47.5 Å². The first kappa shape index (κ1) is 23.2. The molecule has 0 unspecified atom stereocenters. The van der Waals surface area contributed by atoms with E-state index >= 15 is 0 Å². The third-order valence-electron chi connectivity index (χ3n) is 7.37. The number of amides is 2. The summed E-state index contributed by atoms with van der Waals surface area (Å²) in [7, 11) is 1.70. The van der Waals surface area contributed by atoms with Gasteiger partial charge in [0.1, 0.15) is 11.3 Å². The molecular weight excluding hydrogens is 442 g/mol. The smallest absolute Gasteiger partial charge is 0.254 e. The van der Waals surface area contributed by atoms with Crippen LogP contribution in [0, 0.1) is 0 Å². The van der Waals surface area contributed by atoms with Gasteiger partial charge in [0.05, 0.1) is 24.4 Å². The van der Waals surface area contributed by atoms with E-state index in [1.807, 2.05) is 47.4 Å². The number of rotatable bonds is 5. The van der Waals surface area contributed by atoms with Gasteiger partial charge >= 0.3 is 0 Å². The molecule has 2 N–H and O–H groups in total. The van der Waals surface area contributed by atoms with Gasteiger partial charge in [0, 0.05) is 18.5 Å². The number of piperidine rings is 2. The predicted molar refractivity (Wildman–Crippen MR) is 133 cm³/mol. The Morgan fingerprint density at radius 3 is 2.54 bits per heavy atom. The maximum Gasteiger partial charge on any atom is 0.254 e. The van der Waals surface area contributed by atoms with E-state index in [2.05, 4.69) is 26.9 Å². The summed E-state index contributed by atoms with van der Waals surface area (Å²) in [5.41, 5.74) is 1.37. The van der Waals surface area contributed by atoms with Gasteiger partial charge in [0.2, 0.25) is 5.91 Å². The second-order valence-corrected chi connectivity index (χ2v) is 9.37. The van der Waals surface area contributed by atoms with E-state index in [9.17, 15) is 9.59 Å². The summed E-state index contributed by atoms with van der Waals surface area (Å²) in [6.45, 7) is 2.68. The van der Waals surface area contributed by atoms with Crippen LogP contribution in [0.2, 0.25) is 0 Å². The number of hydrogen-bond acceptors (Lipinski definition) is 6. The first-order valence-electron chi connectivity index (χ1n) is 12.3. The van der Waals surface area contributed by atoms with Crippen LogP contribution in [-0.2, 0) is 4.79 Å². The average molecular weight is 474 g/mol. The van der Waals surface area contributed by atoms with E-state index < -0.39 is 5.54 Å². The second-order valence-electron chi connectivity index (χ2n) is 9.37. The Labute approximate surface area is 205 Å². The van der Waals surface area contributed by atoms with Gasteiger partial charge in [-0.2, -0.15) is 10.2 Å². The fourth-order valence-corrected chi connectivity index (χ4v) is 5.42. The molecule has 182 valence electrons. The number of nitrogens with one attached hydrogen (secondary N) is 2. The van der Waals surface area contributed by atoms with Crippen LogP contribution >= 0.6 is 0 Å². The summed E-state index contributed by atoms with van der Waals surface area (Å²) in [5.74, 6) is 0.980. The molecule has 0 saturated carbocycles. The molecule has 0 spiro atoms. The highest BCUT2D eigenvalue weighted by molar-refractivity contribution is 6.07. The first-order chi connectivity index (χ1) is 17.1. The molecule has 0 atom stereocenters. The van der Waals surface area contributed by atoms with E-state index in [0.29, 0.717) is 56.0 Å². The second kappa shape index (κ2) is 10.00. The van der Waals surface area contributed by atoms with Crippen LogP contribution in [0.3, 0.4) is 0 Å². The zero-order valence-corrected chi connectivity index (χ0v) is 20.0. The molecule has 35 heavy (non-hydrogen) atoms. The Bertz CT molecular complexity index is 1210. The zero-order chi connectivity index (χ0) is 24.3. The summed E-state index contributed by atoms with van der Waals surface area (Å²) in [6, 6.07) is 15.5. The van der Waals surface area contributed by atoms with Gasteiger partial charge in [-0.1, -0.05) is 36.4 Å². The molecule has 3 aromatic rings. The Kier molecular flexibility index (Phi) is 6.63. The van der Waals surface area contributed by atoms with E-state index in [-0.39, 0.29) is 11.8 Å². The predicted octanol–water partition coefficient (Wildman–Crippen LogP) is 2.90. The lowest BCUT2D eigenvalue weighted by Crippen LogP contribution is -2.64. The maximum atomic E-state index is 13.9. The molecule has 3 heterocycles. The third-order valence-corrected chi connectivity index (χ3v) is 7.37. The summed E-state index contributed by atoms with van der Waals surface area (Å²) in [5, 5.41) is 15.3. The van der Waals surface area contributed by atoms with Gasteiger partial charge in [-0.05, 0) is 62.4 Å². The highest BCUT2D eigenvalue weighted by Gasteiger charge is 2.44. The van der Waals surface area contributed by atoms with E-state index in [4.69, 9.17) is 4.74 Å². The number of carbonyl (C=O) groups is 2. The highest BCUT2D eigenvalue weighted by Crippen LogP contribution is 2.35. The molecule has 5 rings (SSSR count). The monoisotopic (exact) mass is 473 g/mol. The summed E-state index contributed by atoms with van der Waals surface area (Å²) in [4.78, 5) is 29.3. The molecule has 8 nitrogen and oxygen atoms in total. The lowest BCUT2D eigenvalue weighted by molar-refractivity contribution is -0.140. The van der Waals surface area contributed by atoms with Crippen LogP contribution < -0.4 is 15.4 Å². The van der Waals surface area contributed by atoms with Gasteiger partial charge in [-0.25, -0.2) is 0 Å². The van der Waals surface area contributed by atoms with Crippen LogP contribution in [0.5, 0.6) is 5.75 Å². The standard InChI is InChI=1S/C27H31N5O3/c1-35-24-9-5-3-6-20(24)19-10-16-32(17-11-19)26(34)27(12-14-28-15-13-27)30-25(33)22-18-29-31-23-8-4-2-7-21(22)23/h2-9,18-19,28H,10-17H2,1H3,(H,30,33). The van der Waals surface area contributed by atoms with E-state index in [0.717, 1.165) is 24.0 Å². The lowest BCUT2D eigenvalue weighted by Gasteiger charge is -2.42. The topological polar surface area (TPSA) is 96.5 Å². The van der Waals surface area contributed by atoms with Crippen molar-refractivity contribution in [1.29, 1.82) is 0 Å². The molecule has 2 aliphatic heterocycles. The van der Waals surface area contributed by atoms with Crippen LogP contribution in [0.15, 0.2) is 54.7 Å². The van der Waals surface area contributed by atoms with Crippen molar-refractivity contribution in [3.8, 4) is 5.75 Å². The van der Waals surface area contributed by atoms with Gasteiger partial charge in [0.25, 0.3) is 5.91 Å². The van der Waals surface area contributed by atoms with Crippen molar-refractivity contribution < 1.29 is 14.3 Å². The summed E-state index contributed by atoms with van der Waals surface area (Å²) in [6.07, 6.45) is 4.33. The number of likely N-dealkylation sites (tertiary alicyclic amines) is 1. The van der Waals surface area contributed by atoms with Crippen molar-refractivity contribution in [1.82, 2.24) is 25.7 Å². The molecule has 2 aliphatic rings. The lowest BCUT2D eigenvalue weighted by atomic mass is 9.84. The Morgan fingerprint density at radius 2 is 1.77 bits per heavy atom. The summed E-state index contributed by atoms with van der Waals surface area (Å²) < 4.78 is 5.56. The maximum absolute atomic E-state index is 13.9.